The zero-order chi connectivity index (χ0) is 19.1. The normalized spacial score (nSPS) is 14.0. The Morgan fingerprint density at radius 2 is 2.04 bits per heavy atom. The van der Waals surface area contributed by atoms with Gasteiger partial charge in [-0.15, -0.1) is 0 Å². The zero-order valence-electron chi connectivity index (χ0n) is 13.9. The number of nitrogens with one attached hydrogen (secondary N) is 1. The van der Waals surface area contributed by atoms with Gasteiger partial charge in [0.2, 0.25) is 10.0 Å². The number of aryl methyl sites for hydroxylation is 1. The van der Waals surface area contributed by atoms with Crippen LogP contribution < -0.4 is 4.72 Å². The molecule has 3 rings (SSSR count). The SMILES string of the molecule is CCn1c([C@@H](C)NS(=O)(=O)c2ccsc2)nc2ccc(C(F)(F)F)cc21. The summed E-state index contributed by atoms with van der Waals surface area (Å²) >= 11 is 1.26. The van der Waals surface area contributed by atoms with Crippen LogP contribution in [0.4, 0.5) is 13.2 Å². The zero-order valence-corrected chi connectivity index (χ0v) is 15.5. The number of nitrogens with zero attached hydrogens (tertiary/aromatic N) is 2. The van der Waals surface area contributed by atoms with E-state index in [1.807, 2.05) is 0 Å². The number of thiophene rings is 1. The number of benzene rings is 1. The molecule has 2 aromatic heterocycles. The average Bonchev–Trinajstić information content (AvgIpc) is 3.20. The fourth-order valence-electron chi connectivity index (χ4n) is 2.74. The molecule has 2 heterocycles. The molecule has 0 aliphatic rings. The molecule has 0 saturated carbocycles. The van der Waals surface area contributed by atoms with Gasteiger partial charge < -0.3 is 4.57 Å². The van der Waals surface area contributed by atoms with Crippen LogP contribution in [-0.4, -0.2) is 18.0 Å². The van der Waals surface area contributed by atoms with Crippen LogP contribution in [0.3, 0.4) is 0 Å². The number of hydrogen-bond donors (Lipinski definition) is 1. The molecule has 0 aliphatic carbocycles. The fraction of sp³-hybridized carbons (Fsp3) is 0.312. The maximum atomic E-state index is 13.0. The van der Waals surface area contributed by atoms with Crippen molar-refractivity contribution >= 4 is 32.4 Å². The molecule has 0 aliphatic heterocycles. The summed E-state index contributed by atoms with van der Waals surface area (Å²) in [5.41, 5.74) is -0.0620. The topological polar surface area (TPSA) is 64.0 Å². The predicted octanol–water partition coefficient (Wildman–Crippen LogP) is 4.18. The lowest BCUT2D eigenvalue weighted by Crippen LogP contribution is -2.28. The summed E-state index contributed by atoms with van der Waals surface area (Å²) in [6.45, 7) is 3.74. The standard InChI is InChI=1S/C16H16F3N3O2S2/c1-3-22-14-8-11(16(17,18)19)4-5-13(14)20-15(22)10(2)21-26(23,24)12-6-7-25-9-12/h4-10,21H,3H2,1-2H3/t10-/m1/s1. The number of aromatic nitrogens is 2. The summed E-state index contributed by atoms with van der Waals surface area (Å²) in [6.07, 6.45) is -4.46. The van der Waals surface area contributed by atoms with Crippen LogP contribution >= 0.6 is 11.3 Å². The minimum atomic E-state index is -4.46. The first-order chi connectivity index (χ1) is 12.1. The third kappa shape index (κ3) is 3.49. The molecule has 0 unspecified atom stereocenters. The van der Waals surface area contributed by atoms with Gasteiger partial charge in [0.1, 0.15) is 5.82 Å². The Bertz CT molecular complexity index is 1030. The molecule has 140 valence electrons. The Labute approximate surface area is 152 Å². The first-order valence-corrected chi connectivity index (χ1v) is 10.2. The van der Waals surface area contributed by atoms with E-state index in [1.165, 1.54) is 28.8 Å². The molecule has 3 aromatic rings. The van der Waals surface area contributed by atoms with E-state index in [0.717, 1.165) is 12.1 Å². The Morgan fingerprint density at radius 1 is 1.31 bits per heavy atom. The van der Waals surface area contributed by atoms with Gasteiger partial charge in [0.15, 0.2) is 0 Å². The molecule has 0 fully saturated rings. The minimum absolute atomic E-state index is 0.146. The third-order valence-electron chi connectivity index (χ3n) is 3.95. The summed E-state index contributed by atoms with van der Waals surface area (Å²) in [5, 5.41) is 3.16. The molecule has 0 saturated heterocycles. The molecular weight excluding hydrogens is 387 g/mol. The van der Waals surface area contributed by atoms with Crippen molar-refractivity contribution in [2.75, 3.05) is 0 Å². The van der Waals surface area contributed by atoms with E-state index in [1.54, 1.807) is 23.8 Å². The Kier molecular flexibility index (Phi) is 4.84. The summed E-state index contributed by atoms with van der Waals surface area (Å²) in [7, 11) is -3.73. The van der Waals surface area contributed by atoms with Gasteiger partial charge in [0, 0.05) is 11.9 Å². The maximum Gasteiger partial charge on any atom is 0.416 e. The number of hydrogen-bond acceptors (Lipinski definition) is 4. The Balaban J connectivity index is 2.02. The highest BCUT2D eigenvalue weighted by molar-refractivity contribution is 7.89. The van der Waals surface area contributed by atoms with Gasteiger partial charge in [-0.3, -0.25) is 0 Å². The lowest BCUT2D eigenvalue weighted by Gasteiger charge is -2.15. The van der Waals surface area contributed by atoms with Crippen LogP contribution in [0.25, 0.3) is 11.0 Å². The molecule has 0 bridgehead atoms. The van der Waals surface area contributed by atoms with Crippen molar-refractivity contribution in [3.8, 4) is 0 Å². The monoisotopic (exact) mass is 403 g/mol. The van der Waals surface area contributed by atoms with Crippen LogP contribution in [0, 0.1) is 0 Å². The molecular formula is C16H16F3N3O2S2. The summed E-state index contributed by atoms with van der Waals surface area (Å²) in [6, 6.07) is 4.09. The third-order valence-corrected chi connectivity index (χ3v) is 6.32. The quantitative estimate of drug-likeness (QED) is 0.695. The van der Waals surface area contributed by atoms with Crippen LogP contribution in [0.15, 0.2) is 39.9 Å². The smallest absolute Gasteiger partial charge is 0.327 e. The fourth-order valence-corrected chi connectivity index (χ4v) is 4.97. The lowest BCUT2D eigenvalue weighted by molar-refractivity contribution is -0.137. The van der Waals surface area contributed by atoms with Crippen molar-refractivity contribution in [3.63, 3.8) is 0 Å². The Hall–Kier alpha value is -1.91. The van der Waals surface area contributed by atoms with Gasteiger partial charge in [-0.25, -0.2) is 18.1 Å². The highest BCUT2D eigenvalue weighted by Crippen LogP contribution is 2.32. The van der Waals surface area contributed by atoms with E-state index >= 15 is 0 Å². The molecule has 5 nitrogen and oxygen atoms in total. The minimum Gasteiger partial charge on any atom is -0.327 e. The van der Waals surface area contributed by atoms with Crippen LogP contribution in [0.1, 0.15) is 31.3 Å². The van der Waals surface area contributed by atoms with Gasteiger partial charge in [-0.2, -0.15) is 24.5 Å². The molecule has 0 amide bonds. The number of halogens is 3. The first kappa shape index (κ1) is 18.9. The largest absolute Gasteiger partial charge is 0.416 e. The second kappa shape index (κ2) is 6.67. The second-order valence-electron chi connectivity index (χ2n) is 5.72. The number of rotatable bonds is 5. The van der Waals surface area contributed by atoms with Gasteiger partial charge in [-0.1, -0.05) is 0 Å². The predicted molar refractivity (Wildman–Crippen MR) is 93.5 cm³/mol. The maximum absolute atomic E-state index is 13.0. The van der Waals surface area contributed by atoms with E-state index in [4.69, 9.17) is 0 Å². The van der Waals surface area contributed by atoms with E-state index in [0.29, 0.717) is 23.4 Å². The van der Waals surface area contributed by atoms with E-state index in [-0.39, 0.29) is 4.90 Å². The van der Waals surface area contributed by atoms with Crippen molar-refractivity contribution in [2.24, 2.45) is 0 Å². The van der Waals surface area contributed by atoms with Gasteiger partial charge in [0.05, 0.1) is 27.5 Å². The summed E-state index contributed by atoms with van der Waals surface area (Å²) in [4.78, 5) is 4.49. The number of sulfonamides is 1. The van der Waals surface area contributed by atoms with Gasteiger partial charge >= 0.3 is 6.18 Å². The highest BCUT2D eigenvalue weighted by atomic mass is 32.2. The molecule has 1 aromatic carbocycles. The van der Waals surface area contributed by atoms with E-state index in [2.05, 4.69) is 9.71 Å². The lowest BCUT2D eigenvalue weighted by atomic mass is 10.2. The molecule has 0 spiro atoms. The number of fused-ring (bicyclic) bond motifs is 1. The Morgan fingerprint density at radius 3 is 2.62 bits per heavy atom. The molecule has 0 radical (unpaired) electrons. The molecule has 26 heavy (non-hydrogen) atoms. The van der Waals surface area contributed by atoms with Gasteiger partial charge in [0.25, 0.3) is 0 Å². The van der Waals surface area contributed by atoms with Crippen molar-refractivity contribution in [2.45, 2.75) is 37.5 Å². The first-order valence-electron chi connectivity index (χ1n) is 7.75. The van der Waals surface area contributed by atoms with Crippen LogP contribution in [0.2, 0.25) is 0 Å². The molecule has 1 N–H and O–H groups in total. The summed E-state index contributed by atoms with van der Waals surface area (Å²) in [5.74, 6) is 0.362. The van der Waals surface area contributed by atoms with Crippen molar-refractivity contribution in [1.82, 2.24) is 14.3 Å². The van der Waals surface area contributed by atoms with Crippen LogP contribution in [-0.2, 0) is 22.7 Å². The molecule has 10 heteroatoms. The van der Waals surface area contributed by atoms with Gasteiger partial charge in [-0.05, 0) is 43.5 Å². The molecule has 1 atom stereocenters. The van der Waals surface area contributed by atoms with E-state index in [9.17, 15) is 21.6 Å². The van der Waals surface area contributed by atoms with Crippen LogP contribution in [0.5, 0.6) is 0 Å². The van der Waals surface area contributed by atoms with Crippen molar-refractivity contribution in [3.05, 3.63) is 46.4 Å². The van der Waals surface area contributed by atoms with Crippen molar-refractivity contribution in [1.29, 1.82) is 0 Å². The average molecular weight is 403 g/mol. The number of imidazole rings is 1. The summed E-state index contributed by atoms with van der Waals surface area (Å²) < 4.78 is 67.8. The highest BCUT2D eigenvalue weighted by Gasteiger charge is 2.31. The number of alkyl halides is 3. The van der Waals surface area contributed by atoms with E-state index < -0.39 is 27.8 Å². The second-order valence-corrected chi connectivity index (χ2v) is 8.21. The van der Waals surface area contributed by atoms with Crippen molar-refractivity contribution < 1.29 is 21.6 Å².